The van der Waals surface area contributed by atoms with E-state index in [1.54, 1.807) is 6.92 Å². The van der Waals surface area contributed by atoms with Crippen LogP contribution in [0.1, 0.15) is 49.9 Å². The third-order valence-corrected chi connectivity index (χ3v) is 2.89. The number of aromatic nitrogens is 3. The van der Waals surface area contributed by atoms with E-state index in [9.17, 15) is 0 Å². The summed E-state index contributed by atoms with van der Waals surface area (Å²) in [6, 6.07) is 1.95. The second-order valence-electron chi connectivity index (χ2n) is 5.15. The van der Waals surface area contributed by atoms with Gasteiger partial charge in [0, 0.05) is 19.5 Å². The largest absolute Gasteiger partial charge is 0.359 e. The maximum absolute atomic E-state index is 5.29. The minimum atomic E-state index is 0.348. The van der Waals surface area contributed by atoms with Crippen LogP contribution in [-0.2, 0) is 13.1 Å². The highest BCUT2D eigenvalue weighted by atomic mass is 16.5. The van der Waals surface area contributed by atoms with Crippen molar-refractivity contribution in [2.24, 2.45) is 4.99 Å². The molecule has 0 atom stereocenters. The van der Waals surface area contributed by atoms with Gasteiger partial charge >= 0.3 is 0 Å². The standard InChI is InChI=1S/C14H22N6O2/c1-5-15-14(17-8-13-18-10(4)21-20-13)16-7-11-6-12(9(2)3)19-22-11/h6,9H,5,7-8H2,1-4H3,(H2,15,16,17). The second-order valence-corrected chi connectivity index (χ2v) is 5.15. The highest BCUT2D eigenvalue weighted by molar-refractivity contribution is 5.79. The Balaban J connectivity index is 1.92. The van der Waals surface area contributed by atoms with Crippen LogP contribution in [0, 0.1) is 6.92 Å². The molecule has 8 heteroatoms. The Labute approximate surface area is 129 Å². The van der Waals surface area contributed by atoms with Gasteiger partial charge in [0.25, 0.3) is 0 Å². The van der Waals surface area contributed by atoms with E-state index < -0.39 is 0 Å². The predicted molar refractivity (Wildman–Crippen MR) is 81.3 cm³/mol. The molecule has 0 radical (unpaired) electrons. The molecule has 2 aromatic heterocycles. The molecule has 2 rings (SSSR count). The molecular weight excluding hydrogens is 284 g/mol. The number of aryl methyl sites for hydroxylation is 1. The van der Waals surface area contributed by atoms with Gasteiger partial charge in [-0.15, -0.1) is 0 Å². The normalized spacial score (nSPS) is 12.0. The van der Waals surface area contributed by atoms with Gasteiger partial charge in [-0.3, -0.25) is 0 Å². The number of hydrogen-bond donors (Lipinski definition) is 2. The first-order valence-corrected chi connectivity index (χ1v) is 7.35. The summed E-state index contributed by atoms with van der Waals surface area (Å²) in [6.45, 7) is 9.52. The minimum absolute atomic E-state index is 0.348. The third kappa shape index (κ3) is 4.57. The molecule has 8 nitrogen and oxygen atoms in total. The van der Waals surface area contributed by atoms with Gasteiger partial charge in [-0.25, -0.2) is 4.99 Å². The van der Waals surface area contributed by atoms with Gasteiger partial charge in [0.15, 0.2) is 17.5 Å². The van der Waals surface area contributed by atoms with Crippen LogP contribution in [0.15, 0.2) is 20.1 Å². The molecule has 22 heavy (non-hydrogen) atoms. The van der Waals surface area contributed by atoms with E-state index in [-0.39, 0.29) is 0 Å². The Hall–Kier alpha value is -2.38. The summed E-state index contributed by atoms with van der Waals surface area (Å²) < 4.78 is 10.2. The summed E-state index contributed by atoms with van der Waals surface area (Å²) in [6.07, 6.45) is 0. The molecule has 2 N–H and O–H groups in total. The number of guanidine groups is 1. The van der Waals surface area contributed by atoms with Crippen LogP contribution in [0.25, 0.3) is 0 Å². The number of nitrogens with one attached hydrogen (secondary N) is 2. The summed E-state index contributed by atoms with van der Waals surface area (Å²) in [5, 5.41) is 14.2. The van der Waals surface area contributed by atoms with Crippen molar-refractivity contribution in [3.63, 3.8) is 0 Å². The Morgan fingerprint density at radius 1 is 1.27 bits per heavy atom. The van der Waals surface area contributed by atoms with Crippen molar-refractivity contribution >= 4 is 5.96 Å². The van der Waals surface area contributed by atoms with E-state index in [1.807, 2.05) is 13.0 Å². The first kappa shape index (κ1) is 16.0. The summed E-state index contributed by atoms with van der Waals surface area (Å²) >= 11 is 0. The number of aliphatic imine (C=N–C) groups is 1. The topological polar surface area (TPSA) is 101 Å². The average Bonchev–Trinajstić information content (AvgIpc) is 3.11. The van der Waals surface area contributed by atoms with Crippen molar-refractivity contribution in [1.82, 2.24) is 25.9 Å². The quantitative estimate of drug-likeness (QED) is 0.619. The summed E-state index contributed by atoms with van der Waals surface area (Å²) in [7, 11) is 0. The maximum atomic E-state index is 5.29. The van der Waals surface area contributed by atoms with E-state index in [4.69, 9.17) is 9.05 Å². The molecule has 2 heterocycles. The first-order valence-electron chi connectivity index (χ1n) is 7.35. The Morgan fingerprint density at radius 2 is 2.09 bits per heavy atom. The lowest BCUT2D eigenvalue weighted by molar-refractivity contribution is 0.372. The fourth-order valence-electron chi connectivity index (χ4n) is 1.75. The fraction of sp³-hybridized carbons (Fsp3) is 0.571. The van der Waals surface area contributed by atoms with Crippen LogP contribution in [0.3, 0.4) is 0 Å². The SMILES string of the molecule is CCNC(=NCc1noc(C)n1)NCc1cc(C(C)C)no1. The van der Waals surface area contributed by atoms with E-state index in [1.165, 1.54) is 0 Å². The van der Waals surface area contributed by atoms with Gasteiger partial charge < -0.3 is 19.7 Å². The Morgan fingerprint density at radius 3 is 2.68 bits per heavy atom. The maximum Gasteiger partial charge on any atom is 0.223 e. The molecule has 0 aromatic carbocycles. The van der Waals surface area contributed by atoms with Crippen molar-refractivity contribution in [3.05, 3.63) is 29.2 Å². The van der Waals surface area contributed by atoms with Crippen molar-refractivity contribution in [2.45, 2.75) is 46.7 Å². The lowest BCUT2D eigenvalue weighted by Gasteiger charge is -2.08. The molecule has 0 fully saturated rings. The lowest BCUT2D eigenvalue weighted by Crippen LogP contribution is -2.36. The minimum Gasteiger partial charge on any atom is -0.359 e. The van der Waals surface area contributed by atoms with Crippen molar-refractivity contribution in [3.8, 4) is 0 Å². The molecule has 0 spiro atoms. The summed E-state index contributed by atoms with van der Waals surface area (Å²) in [4.78, 5) is 8.52. The van der Waals surface area contributed by atoms with Crippen LogP contribution in [0.5, 0.6) is 0 Å². The van der Waals surface area contributed by atoms with E-state index in [2.05, 4.69) is 44.8 Å². The van der Waals surface area contributed by atoms with Crippen LogP contribution in [0.2, 0.25) is 0 Å². The zero-order chi connectivity index (χ0) is 15.9. The van der Waals surface area contributed by atoms with E-state index in [0.717, 1.165) is 18.0 Å². The summed E-state index contributed by atoms with van der Waals surface area (Å²) in [5.41, 5.74) is 0.945. The molecule has 120 valence electrons. The predicted octanol–water partition coefficient (Wildman–Crippen LogP) is 1.74. The van der Waals surface area contributed by atoms with Crippen molar-refractivity contribution in [1.29, 1.82) is 0 Å². The Kier molecular flexibility index (Phi) is 5.51. The highest BCUT2D eigenvalue weighted by Crippen LogP contribution is 2.13. The molecule has 0 saturated carbocycles. The molecule has 0 saturated heterocycles. The summed E-state index contributed by atoms with van der Waals surface area (Å²) in [5.74, 6) is 2.86. The third-order valence-electron chi connectivity index (χ3n) is 2.89. The van der Waals surface area contributed by atoms with Gasteiger partial charge in [0.05, 0.1) is 12.2 Å². The van der Waals surface area contributed by atoms with Gasteiger partial charge in [-0.05, 0) is 12.8 Å². The van der Waals surface area contributed by atoms with Crippen molar-refractivity contribution < 1.29 is 9.05 Å². The average molecular weight is 306 g/mol. The smallest absolute Gasteiger partial charge is 0.223 e. The van der Waals surface area contributed by atoms with E-state index >= 15 is 0 Å². The van der Waals surface area contributed by atoms with Crippen LogP contribution in [-0.4, -0.2) is 27.8 Å². The van der Waals surface area contributed by atoms with Crippen LogP contribution >= 0.6 is 0 Å². The molecule has 0 unspecified atom stereocenters. The van der Waals surface area contributed by atoms with Crippen molar-refractivity contribution in [2.75, 3.05) is 6.54 Å². The highest BCUT2D eigenvalue weighted by Gasteiger charge is 2.08. The molecule has 0 bridgehead atoms. The van der Waals surface area contributed by atoms with Gasteiger partial charge in [-0.1, -0.05) is 24.2 Å². The Bertz CT molecular complexity index is 616. The molecule has 2 aromatic rings. The zero-order valence-corrected chi connectivity index (χ0v) is 13.4. The molecule has 0 aliphatic rings. The van der Waals surface area contributed by atoms with E-state index in [0.29, 0.717) is 36.7 Å². The molecule has 0 aliphatic heterocycles. The molecular formula is C14H22N6O2. The molecule has 0 amide bonds. The second kappa shape index (κ2) is 7.58. The molecule has 0 aliphatic carbocycles. The monoisotopic (exact) mass is 306 g/mol. The number of rotatable bonds is 6. The van der Waals surface area contributed by atoms with Gasteiger partial charge in [-0.2, -0.15) is 4.98 Å². The first-order chi connectivity index (χ1) is 10.6. The number of nitrogens with zero attached hydrogens (tertiary/aromatic N) is 4. The number of hydrogen-bond acceptors (Lipinski definition) is 6. The van der Waals surface area contributed by atoms with Crippen LogP contribution in [0.4, 0.5) is 0 Å². The van der Waals surface area contributed by atoms with Gasteiger partial charge in [0.1, 0.15) is 6.54 Å². The fourth-order valence-corrected chi connectivity index (χ4v) is 1.75. The van der Waals surface area contributed by atoms with Gasteiger partial charge in [0.2, 0.25) is 5.89 Å². The van der Waals surface area contributed by atoms with Crippen LogP contribution < -0.4 is 10.6 Å². The lowest BCUT2D eigenvalue weighted by atomic mass is 10.1. The zero-order valence-electron chi connectivity index (χ0n) is 13.4.